The van der Waals surface area contributed by atoms with Gasteiger partial charge >= 0.3 is 0 Å². The third-order valence-electron chi connectivity index (χ3n) is 2.46. The molecule has 1 amide bonds. The van der Waals surface area contributed by atoms with Gasteiger partial charge in [-0.15, -0.1) is 0 Å². The summed E-state index contributed by atoms with van der Waals surface area (Å²) < 4.78 is 4.93. The van der Waals surface area contributed by atoms with Crippen molar-refractivity contribution < 1.29 is 9.53 Å². The molecule has 1 heterocycles. The number of aromatic nitrogens is 1. The zero-order chi connectivity index (χ0) is 13.4. The van der Waals surface area contributed by atoms with E-state index in [1.807, 2.05) is 19.9 Å². The van der Waals surface area contributed by atoms with E-state index in [2.05, 4.69) is 15.6 Å². The summed E-state index contributed by atoms with van der Waals surface area (Å²) in [5.41, 5.74) is 2.30. The third-order valence-corrected chi connectivity index (χ3v) is 2.46. The highest BCUT2D eigenvalue weighted by molar-refractivity contribution is 5.99. The summed E-state index contributed by atoms with van der Waals surface area (Å²) in [6.07, 6.45) is 2.41. The van der Waals surface area contributed by atoms with Crippen molar-refractivity contribution in [2.75, 3.05) is 32.1 Å². The number of ether oxygens (including phenoxy) is 1. The van der Waals surface area contributed by atoms with Crippen LogP contribution in [0, 0.1) is 6.92 Å². The molecule has 0 aliphatic heterocycles. The lowest BCUT2D eigenvalue weighted by molar-refractivity contribution is 0.0949. The van der Waals surface area contributed by atoms with Crippen LogP contribution in [0.4, 0.5) is 5.69 Å². The van der Waals surface area contributed by atoms with Gasteiger partial charge in [-0.3, -0.25) is 9.78 Å². The van der Waals surface area contributed by atoms with Crippen molar-refractivity contribution in [1.82, 2.24) is 10.3 Å². The molecule has 0 fully saturated rings. The van der Waals surface area contributed by atoms with Crippen molar-refractivity contribution in [1.29, 1.82) is 0 Å². The topological polar surface area (TPSA) is 63.2 Å². The van der Waals surface area contributed by atoms with Crippen molar-refractivity contribution in [3.8, 4) is 0 Å². The molecule has 0 aliphatic rings. The molecule has 18 heavy (non-hydrogen) atoms. The molecule has 0 unspecified atom stereocenters. The molecule has 5 nitrogen and oxygen atoms in total. The van der Waals surface area contributed by atoms with Gasteiger partial charge in [0, 0.05) is 38.7 Å². The zero-order valence-corrected chi connectivity index (χ0v) is 11.2. The van der Waals surface area contributed by atoms with Gasteiger partial charge in [0.15, 0.2) is 0 Å². The van der Waals surface area contributed by atoms with Gasteiger partial charge in [0.25, 0.3) is 5.91 Å². The van der Waals surface area contributed by atoms with E-state index in [0.717, 1.165) is 24.3 Å². The fourth-order valence-electron chi connectivity index (χ4n) is 1.59. The number of rotatable bonds is 7. The summed E-state index contributed by atoms with van der Waals surface area (Å²) in [7, 11) is 1.65. The molecule has 100 valence electrons. The number of carbonyl (C=O) groups is 1. The molecule has 0 bridgehead atoms. The van der Waals surface area contributed by atoms with Gasteiger partial charge in [0.2, 0.25) is 0 Å². The molecule has 0 spiro atoms. The number of aryl methyl sites for hydroxylation is 1. The standard InChI is InChI=1S/C13H21N3O2/c1-4-14-12-8-10(2)16-9-11(12)13(17)15-6-5-7-18-3/h8-9H,4-7H2,1-3H3,(H,14,16)(H,15,17). The van der Waals surface area contributed by atoms with Crippen LogP contribution >= 0.6 is 0 Å². The van der Waals surface area contributed by atoms with E-state index in [1.165, 1.54) is 0 Å². The average molecular weight is 251 g/mol. The minimum Gasteiger partial charge on any atom is -0.385 e. The summed E-state index contributed by atoms with van der Waals surface area (Å²) in [5.74, 6) is -0.102. The Morgan fingerprint density at radius 1 is 1.50 bits per heavy atom. The van der Waals surface area contributed by atoms with Gasteiger partial charge in [-0.1, -0.05) is 0 Å². The first kappa shape index (κ1) is 14.4. The van der Waals surface area contributed by atoms with Crippen LogP contribution in [0.1, 0.15) is 29.4 Å². The molecule has 0 saturated heterocycles. The van der Waals surface area contributed by atoms with E-state index in [0.29, 0.717) is 18.7 Å². The Morgan fingerprint density at radius 2 is 2.28 bits per heavy atom. The maximum absolute atomic E-state index is 12.0. The molecular formula is C13H21N3O2. The highest BCUT2D eigenvalue weighted by Crippen LogP contribution is 2.15. The minimum atomic E-state index is -0.102. The molecule has 1 aromatic heterocycles. The smallest absolute Gasteiger partial charge is 0.254 e. The van der Waals surface area contributed by atoms with E-state index in [1.54, 1.807) is 13.3 Å². The van der Waals surface area contributed by atoms with E-state index < -0.39 is 0 Å². The Bertz CT molecular complexity index is 394. The SMILES string of the molecule is CCNc1cc(C)ncc1C(=O)NCCCOC. The number of nitrogens with zero attached hydrogens (tertiary/aromatic N) is 1. The first-order valence-electron chi connectivity index (χ1n) is 6.16. The van der Waals surface area contributed by atoms with Crippen LogP contribution in [-0.2, 0) is 4.74 Å². The lowest BCUT2D eigenvalue weighted by atomic mass is 10.2. The highest BCUT2D eigenvalue weighted by atomic mass is 16.5. The molecule has 1 aromatic rings. The fraction of sp³-hybridized carbons (Fsp3) is 0.538. The van der Waals surface area contributed by atoms with Crippen molar-refractivity contribution in [3.63, 3.8) is 0 Å². The molecule has 0 aromatic carbocycles. The van der Waals surface area contributed by atoms with Gasteiger partial charge in [-0.05, 0) is 26.3 Å². The minimum absolute atomic E-state index is 0.102. The highest BCUT2D eigenvalue weighted by Gasteiger charge is 2.11. The Morgan fingerprint density at radius 3 is 2.94 bits per heavy atom. The van der Waals surface area contributed by atoms with Crippen molar-refractivity contribution >= 4 is 11.6 Å². The van der Waals surface area contributed by atoms with E-state index in [9.17, 15) is 4.79 Å². The molecule has 2 N–H and O–H groups in total. The summed E-state index contributed by atoms with van der Waals surface area (Å²) in [4.78, 5) is 16.1. The van der Waals surface area contributed by atoms with Crippen LogP contribution in [0.2, 0.25) is 0 Å². The summed E-state index contributed by atoms with van der Waals surface area (Å²) in [5, 5.41) is 6.03. The number of methoxy groups -OCH3 is 1. The first-order chi connectivity index (χ1) is 8.69. The Balaban J connectivity index is 2.66. The fourth-order valence-corrected chi connectivity index (χ4v) is 1.59. The molecule has 0 saturated carbocycles. The molecule has 5 heteroatoms. The van der Waals surface area contributed by atoms with E-state index in [4.69, 9.17) is 4.74 Å². The van der Waals surface area contributed by atoms with Crippen molar-refractivity contribution in [2.45, 2.75) is 20.3 Å². The Labute approximate surface area is 108 Å². The van der Waals surface area contributed by atoms with Gasteiger partial charge in [0.1, 0.15) is 0 Å². The lowest BCUT2D eigenvalue weighted by Gasteiger charge is -2.11. The first-order valence-corrected chi connectivity index (χ1v) is 6.16. The van der Waals surface area contributed by atoms with Crippen LogP contribution in [0.25, 0.3) is 0 Å². The summed E-state index contributed by atoms with van der Waals surface area (Å²) >= 11 is 0. The number of hydrogen-bond donors (Lipinski definition) is 2. The van der Waals surface area contributed by atoms with Gasteiger partial charge in [-0.25, -0.2) is 0 Å². The summed E-state index contributed by atoms with van der Waals surface area (Å²) in [6.45, 7) is 5.92. The van der Waals surface area contributed by atoms with Gasteiger partial charge in [-0.2, -0.15) is 0 Å². The molecule has 0 aliphatic carbocycles. The predicted octanol–water partition coefficient (Wildman–Crippen LogP) is 1.59. The van der Waals surface area contributed by atoms with Crippen molar-refractivity contribution in [3.05, 3.63) is 23.5 Å². The van der Waals surface area contributed by atoms with Crippen LogP contribution in [0.3, 0.4) is 0 Å². The second-order valence-electron chi connectivity index (χ2n) is 4.00. The Hall–Kier alpha value is -1.62. The van der Waals surface area contributed by atoms with Crippen molar-refractivity contribution in [2.24, 2.45) is 0 Å². The average Bonchev–Trinajstić information content (AvgIpc) is 2.35. The monoisotopic (exact) mass is 251 g/mol. The number of hydrogen-bond acceptors (Lipinski definition) is 4. The number of amides is 1. The molecule has 0 radical (unpaired) electrons. The van der Waals surface area contributed by atoms with E-state index >= 15 is 0 Å². The largest absolute Gasteiger partial charge is 0.385 e. The number of nitrogens with one attached hydrogen (secondary N) is 2. The lowest BCUT2D eigenvalue weighted by Crippen LogP contribution is -2.26. The maximum atomic E-state index is 12.0. The van der Waals surface area contributed by atoms with Gasteiger partial charge in [0.05, 0.1) is 11.3 Å². The molecule has 0 atom stereocenters. The Kier molecular flexibility index (Phi) is 6.14. The molecular weight excluding hydrogens is 230 g/mol. The van der Waals surface area contributed by atoms with Crippen LogP contribution < -0.4 is 10.6 Å². The van der Waals surface area contributed by atoms with Crippen LogP contribution in [0.15, 0.2) is 12.3 Å². The summed E-state index contributed by atoms with van der Waals surface area (Å²) in [6, 6.07) is 1.88. The van der Waals surface area contributed by atoms with Crippen LogP contribution in [-0.4, -0.2) is 37.7 Å². The zero-order valence-electron chi connectivity index (χ0n) is 11.2. The number of anilines is 1. The van der Waals surface area contributed by atoms with Crippen LogP contribution in [0.5, 0.6) is 0 Å². The van der Waals surface area contributed by atoms with E-state index in [-0.39, 0.29) is 5.91 Å². The van der Waals surface area contributed by atoms with Gasteiger partial charge < -0.3 is 15.4 Å². The second-order valence-corrected chi connectivity index (χ2v) is 4.00. The maximum Gasteiger partial charge on any atom is 0.254 e. The second kappa shape index (κ2) is 7.66. The molecule has 1 rings (SSSR count). The predicted molar refractivity (Wildman–Crippen MR) is 72.0 cm³/mol. The quantitative estimate of drug-likeness (QED) is 0.722. The normalized spacial score (nSPS) is 10.2. The third kappa shape index (κ3) is 4.33. The number of carbonyl (C=O) groups excluding carboxylic acids is 1. The number of pyridine rings is 1.